The Morgan fingerprint density at radius 1 is 1.28 bits per heavy atom. The number of amides is 1. The van der Waals surface area contributed by atoms with E-state index in [0.29, 0.717) is 22.6 Å². The van der Waals surface area contributed by atoms with Crippen molar-refractivity contribution in [3.8, 4) is 0 Å². The van der Waals surface area contributed by atoms with Crippen LogP contribution in [0.25, 0.3) is 5.65 Å². The fourth-order valence-corrected chi connectivity index (χ4v) is 2.59. The summed E-state index contributed by atoms with van der Waals surface area (Å²) in [5.74, 6) is -1.34. The Labute approximate surface area is 142 Å². The lowest BCUT2D eigenvalue weighted by Gasteiger charge is -2.04. The number of aryl methyl sites for hydroxylation is 3. The molecule has 3 aromatic rings. The van der Waals surface area contributed by atoms with E-state index in [1.165, 1.54) is 10.9 Å². The third-order valence-electron chi connectivity index (χ3n) is 3.61. The summed E-state index contributed by atoms with van der Waals surface area (Å²) in [5, 5.41) is 23.4. The van der Waals surface area contributed by atoms with E-state index in [1.54, 1.807) is 11.4 Å². The Bertz CT molecular complexity index is 973. The van der Waals surface area contributed by atoms with E-state index in [9.17, 15) is 9.59 Å². The third-order valence-corrected chi connectivity index (χ3v) is 3.61. The number of nitrogens with zero attached hydrogens (tertiary/aromatic N) is 6. The van der Waals surface area contributed by atoms with Gasteiger partial charge in [0.2, 0.25) is 0 Å². The van der Waals surface area contributed by atoms with E-state index in [0.717, 1.165) is 11.4 Å². The van der Waals surface area contributed by atoms with E-state index in [4.69, 9.17) is 5.11 Å². The Morgan fingerprint density at radius 3 is 2.76 bits per heavy atom. The minimum absolute atomic E-state index is 0.125. The molecule has 3 heterocycles. The number of hydrogen-bond donors (Lipinski definition) is 2. The molecule has 130 valence electrons. The third kappa shape index (κ3) is 3.32. The molecule has 10 heteroatoms. The highest BCUT2D eigenvalue weighted by atomic mass is 16.4. The van der Waals surface area contributed by atoms with Gasteiger partial charge in [-0.3, -0.25) is 9.59 Å². The zero-order valence-electron chi connectivity index (χ0n) is 14.0. The lowest BCUT2D eigenvalue weighted by Crippen LogP contribution is -2.24. The van der Waals surface area contributed by atoms with Crippen molar-refractivity contribution >= 4 is 17.5 Å². The molecule has 0 aliphatic heterocycles. The Hall–Kier alpha value is -3.30. The number of rotatable bonds is 5. The monoisotopic (exact) mass is 343 g/mol. The van der Waals surface area contributed by atoms with Crippen LogP contribution in [0.3, 0.4) is 0 Å². The van der Waals surface area contributed by atoms with Crippen LogP contribution in [-0.4, -0.2) is 46.6 Å². The standard InChI is InChI=1S/C15H17N7O3/c1-8-4-9(2)22-14(17-8)13(10(3)19-22)15(25)16-5-11-6-21(20-18-11)7-12(23)24/h4,6H,5,7H2,1-3H3,(H,16,25)(H,23,24). The molecule has 0 unspecified atom stereocenters. The first-order chi connectivity index (χ1) is 11.8. The molecule has 0 aliphatic rings. The first-order valence-corrected chi connectivity index (χ1v) is 7.57. The van der Waals surface area contributed by atoms with Gasteiger partial charge in [0.25, 0.3) is 5.91 Å². The first-order valence-electron chi connectivity index (χ1n) is 7.57. The average molecular weight is 343 g/mol. The molecule has 2 N–H and O–H groups in total. The minimum atomic E-state index is -1.01. The van der Waals surface area contributed by atoms with E-state index in [2.05, 4.69) is 25.7 Å². The molecule has 0 spiro atoms. The minimum Gasteiger partial charge on any atom is -0.480 e. The lowest BCUT2D eigenvalue weighted by molar-refractivity contribution is -0.137. The maximum atomic E-state index is 12.6. The molecular weight excluding hydrogens is 326 g/mol. The number of fused-ring (bicyclic) bond motifs is 1. The molecule has 10 nitrogen and oxygen atoms in total. The van der Waals surface area contributed by atoms with Crippen molar-refractivity contribution < 1.29 is 14.7 Å². The van der Waals surface area contributed by atoms with E-state index in [-0.39, 0.29) is 19.0 Å². The number of aliphatic carboxylic acids is 1. The van der Waals surface area contributed by atoms with Gasteiger partial charge in [0, 0.05) is 11.4 Å². The van der Waals surface area contributed by atoms with Crippen LogP contribution in [0.4, 0.5) is 0 Å². The number of carbonyl (C=O) groups excluding carboxylic acids is 1. The van der Waals surface area contributed by atoms with E-state index in [1.807, 2.05) is 19.9 Å². The van der Waals surface area contributed by atoms with Crippen LogP contribution >= 0.6 is 0 Å². The second-order valence-corrected chi connectivity index (χ2v) is 5.72. The number of hydrogen-bond acceptors (Lipinski definition) is 6. The fraction of sp³-hybridized carbons (Fsp3) is 0.333. The van der Waals surface area contributed by atoms with Crippen molar-refractivity contribution in [3.63, 3.8) is 0 Å². The average Bonchev–Trinajstić information content (AvgIpc) is 3.08. The SMILES string of the molecule is Cc1cc(C)n2nc(C)c(C(=O)NCc3cn(CC(=O)O)nn3)c2n1. The van der Waals surface area contributed by atoms with Crippen molar-refractivity contribution in [2.24, 2.45) is 0 Å². The van der Waals surface area contributed by atoms with Crippen molar-refractivity contribution in [2.45, 2.75) is 33.9 Å². The van der Waals surface area contributed by atoms with Crippen LogP contribution in [-0.2, 0) is 17.9 Å². The van der Waals surface area contributed by atoms with E-state index >= 15 is 0 Å². The van der Waals surface area contributed by atoms with Crippen LogP contribution in [0.1, 0.15) is 33.1 Å². The highest BCUT2D eigenvalue weighted by Crippen LogP contribution is 2.16. The summed E-state index contributed by atoms with van der Waals surface area (Å²) in [6, 6.07) is 1.89. The summed E-state index contributed by atoms with van der Waals surface area (Å²) >= 11 is 0. The molecule has 1 amide bonds. The predicted octanol–water partition coefficient (Wildman–Crippen LogP) is 0.261. The van der Waals surface area contributed by atoms with Gasteiger partial charge in [0.1, 0.15) is 17.8 Å². The summed E-state index contributed by atoms with van der Waals surface area (Å²) in [5.41, 5.74) is 3.64. The first kappa shape index (κ1) is 16.6. The maximum Gasteiger partial charge on any atom is 0.325 e. The number of carbonyl (C=O) groups is 2. The molecule has 0 radical (unpaired) electrons. The van der Waals surface area contributed by atoms with E-state index < -0.39 is 5.97 Å². The Morgan fingerprint density at radius 2 is 2.04 bits per heavy atom. The molecule has 3 aromatic heterocycles. The largest absolute Gasteiger partial charge is 0.480 e. The molecule has 0 saturated carbocycles. The molecule has 3 rings (SSSR count). The number of carboxylic acid groups (broad SMARTS) is 1. The molecule has 0 fully saturated rings. The van der Waals surface area contributed by atoms with Crippen LogP contribution in [0.5, 0.6) is 0 Å². The zero-order chi connectivity index (χ0) is 18.1. The van der Waals surface area contributed by atoms with Crippen molar-refractivity contribution in [1.29, 1.82) is 0 Å². The number of carboxylic acids is 1. The predicted molar refractivity (Wildman–Crippen MR) is 86.0 cm³/mol. The van der Waals surface area contributed by atoms with Crippen molar-refractivity contribution in [1.82, 2.24) is 34.9 Å². The van der Waals surface area contributed by atoms with Crippen molar-refractivity contribution in [3.05, 3.63) is 40.6 Å². The normalized spacial score (nSPS) is 11.0. The second-order valence-electron chi connectivity index (χ2n) is 5.72. The zero-order valence-corrected chi connectivity index (χ0v) is 14.0. The van der Waals surface area contributed by atoms with Gasteiger partial charge >= 0.3 is 5.97 Å². The van der Waals surface area contributed by atoms with Gasteiger partial charge in [0.05, 0.1) is 18.4 Å². The van der Waals surface area contributed by atoms with Gasteiger partial charge in [-0.25, -0.2) is 14.2 Å². The van der Waals surface area contributed by atoms with Gasteiger partial charge in [0.15, 0.2) is 5.65 Å². The molecule has 0 aliphatic carbocycles. The van der Waals surface area contributed by atoms with Gasteiger partial charge in [-0.15, -0.1) is 5.10 Å². The van der Waals surface area contributed by atoms with Crippen LogP contribution in [0.2, 0.25) is 0 Å². The Balaban J connectivity index is 1.80. The van der Waals surface area contributed by atoms with Gasteiger partial charge in [-0.1, -0.05) is 5.21 Å². The molecular formula is C15H17N7O3. The summed E-state index contributed by atoms with van der Waals surface area (Å²) < 4.78 is 2.83. The van der Waals surface area contributed by atoms with Gasteiger partial charge in [-0.05, 0) is 26.8 Å². The van der Waals surface area contributed by atoms with Gasteiger partial charge in [-0.2, -0.15) is 5.10 Å². The number of aromatic nitrogens is 6. The number of nitrogens with one attached hydrogen (secondary N) is 1. The quantitative estimate of drug-likeness (QED) is 0.680. The summed E-state index contributed by atoms with van der Waals surface area (Å²) in [6.45, 7) is 5.35. The topological polar surface area (TPSA) is 127 Å². The fourth-order valence-electron chi connectivity index (χ4n) is 2.59. The smallest absolute Gasteiger partial charge is 0.325 e. The summed E-state index contributed by atoms with van der Waals surface area (Å²) in [7, 11) is 0. The summed E-state index contributed by atoms with van der Waals surface area (Å²) in [6.07, 6.45) is 1.48. The maximum absolute atomic E-state index is 12.6. The van der Waals surface area contributed by atoms with Crippen LogP contribution in [0.15, 0.2) is 12.3 Å². The van der Waals surface area contributed by atoms with Crippen molar-refractivity contribution in [2.75, 3.05) is 0 Å². The Kier molecular flexibility index (Phi) is 4.17. The molecule has 0 aromatic carbocycles. The van der Waals surface area contributed by atoms with Crippen LogP contribution < -0.4 is 5.32 Å². The lowest BCUT2D eigenvalue weighted by atomic mass is 10.2. The summed E-state index contributed by atoms with van der Waals surface area (Å²) in [4.78, 5) is 27.6. The second kappa shape index (κ2) is 6.30. The molecule has 0 atom stereocenters. The highest BCUT2D eigenvalue weighted by Gasteiger charge is 2.19. The molecule has 25 heavy (non-hydrogen) atoms. The molecule has 0 saturated heterocycles. The van der Waals surface area contributed by atoms with Crippen LogP contribution in [0, 0.1) is 20.8 Å². The molecule has 0 bridgehead atoms. The van der Waals surface area contributed by atoms with Gasteiger partial charge < -0.3 is 10.4 Å². The highest BCUT2D eigenvalue weighted by molar-refractivity contribution is 6.01.